The van der Waals surface area contributed by atoms with Gasteiger partial charge in [0.1, 0.15) is 0 Å². The number of hydrogen-bond acceptors (Lipinski definition) is 2. The fourth-order valence-electron chi connectivity index (χ4n) is 3.73. The molecule has 2 heteroatoms. The molecule has 1 aliphatic carbocycles. The van der Waals surface area contributed by atoms with Crippen molar-refractivity contribution in [1.29, 1.82) is 0 Å². The summed E-state index contributed by atoms with van der Waals surface area (Å²) >= 11 is 0. The van der Waals surface area contributed by atoms with Gasteiger partial charge >= 0.3 is 0 Å². The van der Waals surface area contributed by atoms with Gasteiger partial charge < -0.3 is 5.32 Å². The van der Waals surface area contributed by atoms with E-state index in [1.165, 1.54) is 37.7 Å². The Bertz CT molecular complexity index is 393. The van der Waals surface area contributed by atoms with Crippen molar-refractivity contribution in [1.82, 2.24) is 10.3 Å². The summed E-state index contributed by atoms with van der Waals surface area (Å²) in [7, 11) is 2.10. The molecule has 1 saturated carbocycles. The number of nitrogens with zero attached hydrogens (tertiary/aromatic N) is 1. The average Bonchev–Trinajstić information content (AvgIpc) is 2.39. The zero-order valence-corrected chi connectivity index (χ0v) is 12.9. The van der Waals surface area contributed by atoms with Crippen molar-refractivity contribution in [3.63, 3.8) is 0 Å². The molecule has 1 aliphatic rings. The fraction of sp³-hybridized carbons (Fsp3) is 0.706. The second kappa shape index (κ2) is 6.51. The van der Waals surface area contributed by atoms with Gasteiger partial charge in [-0.1, -0.05) is 26.2 Å². The maximum atomic E-state index is 4.50. The minimum Gasteiger partial charge on any atom is -0.313 e. The predicted molar refractivity (Wildman–Crippen MR) is 81.3 cm³/mol. The van der Waals surface area contributed by atoms with Crippen LogP contribution in [0, 0.1) is 25.7 Å². The van der Waals surface area contributed by atoms with Gasteiger partial charge in [0.2, 0.25) is 0 Å². The van der Waals surface area contributed by atoms with Crippen molar-refractivity contribution >= 4 is 0 Å². The molecule has 3 atom stereocenters. The van der Waals surface area contributed by atoms with Crippen molar-refractivity contribution in [3.05, 3.63) is 29.1 Å². The zero-order valence-electron chi connectivity index (χ0n) is 12.9. The Morgan fingerprint density at radius 1 is 1.26 bits per heavy atom. The standard InChI is InChI=1S/C17H28N2/c1-5-14-7-6-8-15(11-14)17(18-4)16-9-12(2)19-13(3)10-16/h9-10,14-15,17-18H,5-8,11H2,1-4H3. The molecule has 2 nitrogen and oxygen atoms in total. The van der Waals surface area contributed by atoms with Gasteiger partial charge in [0.25, 0.3) is 0 Å². The smallest absolute Gasteiger partial charge is 0.0379 e. The molecule has 1 aromatic heterocycles. The third-order valence-electron chi connectivity index (χ3n) is 4.65. The SMILES string of the molecule is CCC1CCCC(C(NC)c2cc(C)nc(C)c2)C1. The monoisotopic (exact) mass is 260 g/mol. The molecule has 3 unspecified atom stereocenters. The van der Waals surface area contributed by atoms with Crippen LogP contribution in [-0.4, -0.2) is 12.0 Å². The average molecular weight is 260 g/mol. The third-order valence-corrected chi connectivity index (χ3v) is 4.65. The van der Waals surface area contributed by atoms with Crippen LogP contribution >= 0.6 is 0 Å². The van der Waals surface area contributed by atoms with E-state index >= 15 is 0 Å². The lowest BCUT2D eigenvalue weighted by atomic mass is 9.75. The molecular weight excluding hydrogens is 232 g/mol. The molecule has 0 radical (unpaired) electrons. The van der Waals surface area contributed by atoms with Crippen molar-refractivity contribution in [2.24, 2.45) is 11.8 Å². The van der Waals surface area contributed by atoms with Gasteiger partial charge in [-0.05, 0) is 63.3 Å². The molecule has 0 amide bonds. The van der Waals surface area contributed by atoms with Gasteiger partial charge in [-0.15, -0.1) is 0 Å². The molecule has 106 valence electrons. The maximum Gasteiger partial charge on any atom is 0.0379 e. The fourth-order valence-corrected chi connectivity index (χ4v) is 3.73. The number of nitrogens with one attached hydrogen (secondary N) is 1. The first kappa shape index (κ1) is 14.5. The first-order valence-electron chi connectivity index (χ1n) is 7.76. The molecule has 2 rings (SSSR count). The molecule has 0 aliphatic heterocycles. The van der Waals surface area contributed by atoms with Crippen molar-refractivity contribution in [2.45, 2.75) is 58.9 Å². The predicted octanol–water partition coefficient (Wildman–Crippen LogP) is 4.18. The highest BCUT2D eigenvalue weighted by Crippen LogP contribution is 2.38. The number of hydrogen-bond donors (Lipinski definition) is 1. The Morgan fingerprint density at radius 3 is 2.53 bits per heavy atom. The Kier molecular flexibility index (Phi) is 4.98. The second-order valence-electron chi connectivity index (χ2n) is 6.15. The lowest BCUT2D eigenvalue weighted by Crippen LogP contribution is -2.29. The Labute approximate surface area is 118 Å². The molecular formula is C17H28N2. The van der Waals surface area contributed by atoms with Gasteiger partial charge in [-0.3, -0.25) is 4.98 Å². The van der Waals surface area contributed by atoms with Crippen LogP contribution in [0.25, 0.3) is 0 Å². The van der Waals surface area contributed by atoms with Gasteiger partial charge in [0.05, 0.1) is 0 Å². The van der Waals surface area contributed by atoms with Crippen molar-refractivity contribution in [3.8, 4) is 0 Å². The van der Waals surface area contributed by atoms with E-state index in [2.05, 4.69) is 50.3 Å². The zero-order chi connectivity index (χ0) is 13.8. The summed E-state index contributed by atoms with van der Waals surface area (Å²) < 4.78 is 0. The summed E-state index contributed by atoms with van der Waals surface area (Å²) in [5.74, 6) is 1.71. The van der Waals surface area contributed by atoms with Crippen LogP contribution in [0.5, 0.6) is 0 Å². The van der Waals surface area contributed by atoms with E-state index in [1.54, 1.807) is 0 Å². The Hall–Kier alpha value is -0.890. The first-order valence-corrected chi connectivity index (χ1v) is 7.76. The third kappa shape index (κ3) is 3.56. The first-order chi connectivity index (χ1) is 9.13. The normalized spacial score (nSPS) is 25.3. The summed E-state index contributed by atoms with van der Waals surface area (Å²) in [5.41, 5.74) is 3.70. The van der Waals surface area contributed by atoms with Gasteiger partial charge in [0, 0.05) is 17.4 Å². The number of rotatable bonds is 4. The second-order valence-corrected chi connectivity index (χ2v) is 6.15. The minimum absolute atomic E-state index is 0.495. The van der Waals surface area contributed by atoms with Crippen LogP contribution in [0.4, 0.5) is 0 Å². The molecule has 1 heterocycles. The molecule has 0 aromatic carbocycles. The van der Waals surface area contributed by atoms with Crippen LogP contribution in [0.1, 0.15) is 62.0 Å². The van der Waals surface area contributed by atoms with E-state index in [9.17, 15) is 0 Å². The minimum atomic E-state index is 0.495. The van der Waals surface area contributed by atoms with Crippen LogP contribution in [0.3, 0.4) is 0 Å². The Balaban J connectivity index is 2.18. The molecule has 0 bridgehead atoms. The topological polar surface area (TPSA) is 24.9 Å². The molecule has 0 saturated heterocycles. The van der Waals surface area contributed by atoms with Crippen molar-refractivity contribution < 1.29 is 0 Å². The van der Waals surface area contributed by atoms with Crippen molar-refractivity contribution in [2.75, 3.05) is 7.05 Å². The highest BCUT2D eigenvalue weighted by atomic mass is 14.9. The summed E-state index contributed by atoms with van der Waals surface area (Å²) in [6.45, 7) is 6.53. The van der Waals surface area contributed by atoms with Gasteiger partial charge in [-0.25, -0.2) is 0 Å². The van der Waals surface area contributed by atoms with E-state index in [-0.39, 0.29) is 0 Å². The van der Waals surface area contributed by atoms with Crippen LogP contribution in [-0.2, 0) is 0 Å². The van der Waals surface area contributed by atoms with Gasteiger partial charge in [0.15, 0.2) is 0 Å². The van der Waals surface area contributed by atoms with E-state index in [0.29, 0.717) is 6.04 Å². The summed E-state index contributed by atoms with van der Waals surface area (Å²) in [6, 6.07) is 5.00. The number of aryl methyl sites for hydroxylation is 2. The van der Waals surface area contributed by atoms with Gasteiger partial charge in [-0.2, -0.15) is 0 Å². The molecule has 1 N–H and O–H groups in total. The van der Waals surface area contributed by atoms with E-state index in [1.807, 2.05) is 0 Å². The number of aromatic nitrogens is 1. The van der Waals surface area contributed by atoms with Crippen LogP contribution in [0.15, 0.2) is 12.1 Å². The largest absolute Gasteiger partial charge is 0.313 e. The maximum absolute atomic E-state index is 4.50. The summed E-state index contributed by atoms with van der Waals surface area (Å²) in [6.07, 6.45) is 6.90. The highest BCUT2D eigenvalue weighted by Gasteiger charge is 2.28. The quantitative estimate of drug-likeness (QED) is 0.878. The molecule has 1 fully saturated rings. The molecule has 19 heavy (non-hydrogen) atoms. The Morgan fingerprint density at radius 2 is 1.95 bits per heavy atom. The molecule has 1 aromatic rings. The summed E-state index contributed by atoms with van der Waals surface area (Å²) in [5, 5.41) is 3.56. The highest BCUT2D eigenvalue weighted by molar-refractivity contribution is 5.24. The van der Waals surface area contributed by atoms with E-state index in [4.69, 9.17) is 0 Å². The molecule has 0 spiro atoms. The van der Waals surface area contributed by atoms with Crippen LogP contribution in [0.2, 0.25) is 0 Å². The number of pyridine rings is 1. The van der Waals surface area contributed by atoms with Crippen LogP contribution < -0.4 is 5.32 Å². The lowest BCUT2D eigenvalue weighted by Gasteiger charge is -2.34. The van der Waals surface area contributed by atoms with E-state index < -0.39 is 0 Å². The van der Waals surface area contributed by atoms with E-state index in [0.717, 1.165) is 23.2 Å². The summed E-state index contributed by atoms with van der Waals surface area (Å²) in [4.78, 5) is 4.50. The lowest BCUT2D eigenvalue weighted by molar-refractivity contribution is 0.214.